The van der Waals surface area contributed by atoms with Crippen molar-refractivity contribution in [3.63, 3.8) is 0 Å². The van der Waals surface area contributed by atoms with E-state index in [1.807, 2.05) is 6.20 Å². The molecule has 5 nitrogen and oxygen atoms in total. The smallest absolute Gasteiger partial charge is 0.120 e. The Morgan fingerprint density at radius 1 is 0.893 bits per heavy atom. The summed E-state index contributed by atoms with van der Waals surface area (Å²) in [4.78, 5) is 12.4. The van der Waals surface area contributed by atoms with E-state index in [9.17, 15) is 0 Å². The molecule has 0 saturated heterocycles. The summed E-state index contributed by atoms with van der Waals surface area (Å²) in [5, 5.41) is 3.42. The Morgan fingerprint density at radius 3 is 2.21 bits per heavy atom. The second-order valence-electron chi connectivity index (χ2n) is 7.74. The zero-order valence-corrected chi connectivity index (χ0v) is 18.1. The van der Waals surface area contributed by atoms with Gasteiger partial charge in [-0.3, -0.25) is 0 Å². The summed E-state index contributed by atoms with van der Waals surface area (Å²) in [6, 6.07) is 8.96. The third-order valence-corrected chi connectivity index (χ3v) is 5.00. The average Bonchev–Trinajstić information content (AvgIpc) is 3.20. The number of hydrogen-bond acceptors (Lipinski definition) is 4. The lowest BCUT2D eigenvalue weighted by Crippen LogP contribution is -2.27. The zero-order chi connectivity index (χ0) is 20.0. The Hall–Kier alpha value is -1.69. The average molecular weight is 386 g/mol. The van der Waals surface area contributed by atoms with E-state index in [0.29, 0.717) is 0 Å². The van der Waals surface area contributed by atoms with E-state index in [2.05, 4.69) is 70.2 Å². The molecule has 0 atom stereocenters. The fourth-order valence-electron chi connectivity index (χ4n) is 3.56. The minimum Gasteiger partial charge on any atom is -0.348 e. The maximum Gasteiger partial charge on any atom is 0.120 e. The molecule has 0 spiro atoms. The van der Waals surface area contributed by atoms with Crippen molar-refractivity contribution in [2.75, 3.05) is 33.2 Å². The van der Waals surface area contributed by atoms with Crippen LogP contribution in [0, 0.1) is 0 Å². The molecule has 1 heterocycles. The normalized spacial score (nSPS) is 11.6. The summed E-state index contributed by atoms with van der Waals surface area (Å²) in [6.07, 6.45) is 8.73. The predicted octanol–water partition coefficient (Wildman–Crippen LogP) is 4.03. The van der Waals surface area contributed by atoms with E-state index in [0.717, 1.165) is 25.5 Å². The van der Waals surface area contributed by atoms with Crippen LogP contribution in [0.3, 0.4) is 0 Å². The number of nitrogens with one attached hydrogen (secondary N) is 2. The zero-order valence-electron chi connectivity index (χ0n) is 18.1. The molecule has 1 aromatic heterocycles. The monoisotopic (exact) mass is 385 g/mol. The van der Waals surface area contributed by atoms with Gasteiger partial charge in [0.05, 0.1) is 6.54 Å². The highest BCUT2D eigenvalue weighted by atomic mass is 15.1. The molecule has 2 aromatic rings. The van der Waals surface area contributed by atoms with Crippen LogP contribution >= 0.6 is 0 Å². The SMILES string of the molecule is CCCN(CCC)CCCCN(C)Cc1ccc(CNCc2ncc[nH]2)cc1. The van der Waals surface area contributed by atoms with Gasteiger partial charge in [0.2, 0.25) is 0 Å². The van der Waals surface area contributed by atoms with Crippen LogP contribution in [0.25, 0.3) is 0 Å². The van der Waals surface area contributed by atoms with Gasteiger partial charge in [0.25, 0.3) is 0 Å². The second kappa shape index (κ2) is 13.5. The summed E-state index contributed by atoms with van der Waals surface area (Å²) in [7, 11) is 2.23. The molecule has 0 aliphatic heterocycles. The first-order valence-electron chi connectivity index (χ1n) is 10.9. The van der Waals surface area contributed by atoms with Gasteiger partial charge in [-0.05, 0) is 70.0 Å². The molecule has 0 radical (unpaired) electrons. The number of aromatic amines is 1. The number of imidazole rings is 1. The van der Waals surface area contributed by atoms with Crippen molar-refractivity contribution in [1.29, 1.82) is 0 Å². The summed E-state index contributed by atoms with van der Waals surface area (Å²) in [6.45, 7) is 12.1. The van der Waals surface area contributed by atoms with Gasteiger partial charge in [0.15, 0.2) is 0 Å². The lowest BCUT2D eigenvalue weighted by molar-refractivity contribution is 0.255. The van der Waals surface area contributed by atoms with Crippen LogP contribution in [0.15, 0.2) is 36.7 Å². The highest BCUT2D eigenvalue weighted by Crippen LogP contribution is 2.08. The Kier molecular flexibility index (Phi) is 10.9. The van der Waals surface area contributed by atoms with Crippen molar-refractivity contribution in [3.05, 3.63) is 53.6 Å². The molecular weight excluding hydrogens is 346 g/mol. The first-order chi connectivity index (χ1) is 13.7. The van der Waals surface area contributed by atoms with Gasteiger partial charge in [0, 0.05) is 25.5 Å². The fourth-order valence-corrected chi connectivity index (χ4v) is 3.56. The molecule has 0 amide bonds. The van der Waals surface area contributed by atoms with Crippen LogP contribution < -0.4 is 5.32 Å². The standard InChI is InChI=1S/C23H39N5/c1-4-14-28(15-5-2)17-7-6-16-27(3)20-22-10-8-21(9-11-22)18-24-19-23-25-12-13-26-23/h8-13,24H,4-7,14-20H2,1-3H3,(H,25,26). The molecule has 0 unspecified atom stereocenters. The summed E-state index contributed by atoms with van der Waals surface area (Å²) >= 11 is 0. The first-order valence-corrected chi connectivity index (χ1v) is 10.9. The van der Waals surface area contributed by atoms with Gasteiger partial charge in [0.1, 0.15) is 5.82 Å². The number of nitrogens with zero attached hydrogens (tertiary/aromatic N) is 3. The van der Waals surface area contributed by atoms with Gasteiger partial charge < -0.3 is 20.1 Å². The summed E-state index contributed by atoms with van der Waals surface area (Å²) in [5.41, 5.74) is 2.70. The molecule has 1 aromatic carbocycles. The number of benzene rings is 1. The molecule has 2 rings (SSSR count). The number of aromatic nitrogens is 2. The van der Waals surface area contributed by atoms with E-state index in [4.69, 9.17) is 0 Å². The van der Waals surface area contributed by atoms with Crippen LogP contribution in [0.4, 0.5) is 0 Å². The van der Waals surface area contributed by atoms with Crippen molar-refractivity contribution in [2.45, 2.75) is 59.2 Å². The van der Waals surface area contributed by atoms with Crippen LogP contribution in [0.2, 0.25) is 0 Å². The fraction of sp³-hybridized carbons (Fsp3) is 0.609. The third-order valence-electron chi connectivity index (χ3n) is 5.00. The Bertz CT molecular complexity index is 602. The van der Waals surface area contributed by atoms with Crippen molar-refractivity contribution < 1.29 is 0 Å². The second-order valence-corrected chi connectivity index (χ2v) is 7.74. The summed E-state index contributed by atoms with van der Waals surface area (Å²) < 4.78 is 0. The summed E-state index contributed by atoms with van der Waals surface area (Å²) in [5.74, 6) is 0.978. The van der Waals surface area contributed by atoms with Crippen molar-refractivity contribution in [3.8, 4) is 0 Å². The molecular formula is C23H39N5. The molecule has 28 heavy (non-hydrogen) atoms. The van der Waals surface area contributed by atoms with Crippen molar-refractivity contribution in [1.82, 2.24) is 25.1 Å². The largest absolute Gasteiger partial charge is 0.348 e. The molecule has 5 heteroatoms. The maximum atomic E-state index is 4.23. The lowest BCUT2D eigenvalue weighted by atomic mass is 10.1. The van der Waals surface area contributed by atoms with E-state index >= 15 is 0 Å². The van der Waals surface area contributed by atoms with Crippen molar-refractivity contribution >= 4 is 0 Å². The van der Waals surface area contributed by atoms with E-state index in [1.165, 1.54) is 63.0 Å². The molecule has 0 bridgehead atoms. The van der Waals surface area contributed by atoms with Gasteiger partial charge >= 0.3 is 0 Å². The van der Waals surface area contributed by atoms with Gasteiger partial charge in [-0.2, -0.15) is 0 Å². The number of rotatable bonds is 15. The number of H-pyrrole nitrogens is 1. The molecule has 2 N–H and O–H groups in total. The Morgan fingerprint density at radius 2 is 1.57 bits per heavy atom. The van der Waals surface area contributed by atoms with Crippen LogP contribution in [-0.2, 0) is 19.6 Å². The Balaban J connectivity index is 1.61. The highest BCUT2D eigenvalue weighted by molar-refractivity contribution is 5.22. The highest BCUT2D eigenvalue weighted by Gasteiger charge is 2.04. The topological polar surface area (TPSA) is 47.2 Å². The minimum atomic E-state index is 0.769. The van der Waals surface area contributed by atoms with Crippen molar-refractivity contribution in [2.24, 2.45) is 0 Å². The number of hydrogen-bond donors (Lipinski definition) is 2. The van der Waals surface area contributed by atoms with E-state index < -0.39 is 0 Å². The molecule has 0 fully saturated rings. The van der Waals surface area contributed by atoms with Crippen LogP contribution in [-0.4, -0.2) is 53.0 Å². The number of unbranched alkanes of at least 4 members (excludes halogenated alkanes) is 1. The first kappa shape index (κ1) is 22.6. The quantitative estimate of drug-likeness (QED) is 0.454. The van der Waals surface area contributed by atoms with Crippen LogP contribution in [0.5, 0.6) is 0 Å². The van der Waals surface area contributed by atoms with E-state index in [1.54, 1.807) is 6.20 Å². The lowest BCUT2D eigenvalue weighted by Gasteiger charge is -2.22. The molecule has 0 aliphatic rings. The van der Waals surface area contributed by atoms with E-state index in [-0.39, 0.29) is 0 Å². The van der Waals surface area contributed by atoms with Gasteiger partial charge in [-0.25, -0.2) is 4.98 Å². The molecule has 0 aliphatic carbocycles. The molecule has 156 valence electrons. The van der Waals surface area contributed by atoms with Gasteiger partial charge in [-0.1, -0.05) is 38.1 Å². The maximum absolute atomic E-state index is 4.23. The van der Waals surface area contributed by atoms with Crippen LogP contribution in [0.1, 0.15) is 56.5 Å². The molecule has 0 saturated carbocycles. The third kappa shape index (κ3) is 9.00. The Labute approximate surface area is 171 Å². The van der Waals surface area contributed by atoms with Gasteiger partial charge in [-0.15, -0.1) is 0 Å². The predicted molar refractivity (Wildman–Crippen MR) is 118 cm³/mol. The minimum absolute atomic E-state index is 0.769.